The third-order valence-corrected chi connectivity index (χ3v) is 4.97. The summed E-state index contributed by atoms with van der Waals surface area (Å²) in [4.78, 5) is 17.0. The van der Waals surface area contributed by atoms with E-state index in [4.69, 9.17) is 4.42 Å². The van der Waals surface area contributed by atoms with Crippen LogP contribution in [0.5, 0.6) is 0 Å². The van der Waals surface area contributed by atoms with E-state index >= 15 is 0 Å². The second-order valence-electron chi connectivity index (χ2n) is 6.00. The number of halogens is 1. The number of hydrogen-bond acceptors (Lipinski definition) is 3. The summed E-state index contributed by atoms with van der Waals surface area (Å²) >= 11 is 2.16. The molecule has 3 aromatic carbocycles. The van der Waals surface area contributed by atoms with Crippen molar-refractivity contribution in [2.24, 2.45) is 0 Å². The van der Waals surface area contributed by atoms with Gasteiger partial charge in [-0.2, -0.15) is 0 Å². The first-order valence-corrected chi connectivity index (χ1v) is 9.21. The summed E-state index contributed by atoms with van der Waals surface area (Å²) in [5.41, 5.74) is 4.80. The quantitative estimate of drug-likeness (QED) is 0.407. The smallest absolute Gasteiger partial charge is 0.256 e. The molecule has 0 atom stereocenters. The van der Waals surface area contributed by atoms with Crippen LogP contribution in [0, 0.1) is 10.5 Å². The molecule has 0 spiro atoms. The minimum Gasteiger partial charge on any atom is -0.436 e. The van der Waals surface area contributed by atoms with E-state index in [1.54, 1.807) is 12.1 Å². The van der Waals surface area contributed by atoms with Crippen LogP contribution in [-0.2, 0) is 0 Å². The van der Waals surface area contributed by atoms with E-state index in [9.17, 15) is 4.79 Å². The highest BCUT2D eigenvalue weighted by molar-refractivity contribution is 14.1. The van der Waals surface area contributed by atoms with Gasteiger partial charge < -0.3 is 9.73 Å². The van der Waals surface area contributed by atoms with E-state index < -0.39 is 0 Å². The SMILES string of the molecule is Cc1cccc(-c2nc3ccc(NC(=O)c4ccccc4I)cc3o2)c1. The van der Waals surface area contributed by atoms with Gasteiger partial charge in [-0.25, -0.2) is 4.98 Å². The van der Waals surface area contributed by atoms with Gasteiger partial charge in [0.05, 0.1) is 5.56 Å². The van der Waals surface area contributed by atoms with Gasteiger partial charge in [-0.05, 0) is 65.9 Å². The zero-order valence-corrected chi connectivity index (χ0v) is 16.2. The van der Waals surface area contributed by atoms with Crippen LogP contribution in [0.1, 0.15) is 15.9 Å². The van der Waals surface area contributed by atoms with Crippen molar-refractivity contribution < 1.29 is 9.21 Å². The number of oxazole rings is 1. The normalized spacial score (nSPS) is 10.8. The van der Waals surface area contributed by atoms with Crippen LogP contribution in [0.25, 0.3) is 22.6 Å². The van der Waals surface area contributed by atoms with E-state index in [0.717, 1.165) is 20.2 Å². The fourth-order valence-corrected chi connectivity index (χ4v) is 3.38. The van der Waals surface area contributed by atoms with E-state index in [-0.39, 0.29) is 5.91 Å². The third-order valence-electron chi connectivity index (χ3n) is 4.03. The van der Waals surface area contributed by atoms with Crippen molar-refractivity contribution in [1.82, 2.24) is 4.98 Å². The lowest BCUT2D eigenvalue weighted by atomic mass is 10.1. The molecule has 5 heteroatoms. The minimum atomic E-state index is -0.146. The highest BCUT2D eigenvalue weighted by atomic mass is 127. The molecule has 0 aliphatic carbocycles. The van der Waals surface area contributed by atoms with Crippen LogP contribution in [0.2, 0.25) is 0 Å². The number of hydrogen-bond donors (Lipinski definition) is 1. The summed E-state index contributed by atoms with van der Waals surface area (Å²) in [6.45, 7) is 2.03. The number of aromatic nitrogens is 1. The van der Waals surface area contributed by atoms with Gasteiger partial charge in [-0.15, -0.1) is 0 Å². The molecule has 0 unspecified atom stereocenters. The largest absolute Gasteiger partial charge is 0.436 e. The Labute approximate surface area is 164 Å². The number of fused-ring (bicyclic) bond motifs is 1. The molecule has 0 fully saturated rings. The maximum atomic E-state index is 12.5. The molecule has 1 N–H and O–H groups in total. The number of carbonyl (C=O) groups excluding carboxylic acids is 1. The number of aryl methyl sites for hydroxylation is 1. The summed E-state index contributed by atoms with van der Waals surface area (Å²) in [5, 5.41) is 2.92. The summed E-state index contributed by atoms with van der Waals surface area (Å²) in [7, 11) is 0. The summed E-state index contributed by atoms with van der Waals surface area (Å²) < 4.78 is 6.80. The minimum absolute atomic E-state index is 0.146. The van der Waals surface area contributed by atoms with E-state index in [0.29, 0.717) is 22.7 Å². The fourth-order valence-electron chi connectivity index (χ4n) is 2.75. The summed E-state index contributed by atoms with van der Waals surface area (Å²) in [6, 6.07) is 21.0. The number of rotatable bonds is 3. The van der Waals surface area contributed by atoms with Crippen molar-refractivity contribution in [2.45, 2.75) is 6.92 Å². The molecule has 1 aromatic heterocycles. The average molecular weight is 454 g/mol. The Bertz CT molecular complexity index is 1120. The van der Waals surface area contributed by atoms with Gasteiger partial charge in [0.1, 0.15) is 5.52 Å². The Balaban J connectivity index is 1.64. The highest BCUT2D eigenvalue weighted by Crippen LogP contribution is 2.27. The van der Waals surface area contributed by atoms with Crippen molar-refractivity contribution in [3.8, 4) is 11.5 Å². The number of nitrogens with one attached hydrogen (secondary N) is 1. The highest BCUT2D eigenvalue weighted by Gasteiger charge is 2.12. The lowest BCUT2D eigenvalue weighted by Gasteiger charge is -2.06. The number of nitrogens with zero attached hydrogens (tertiary/aromatic N) is 1. The van der Waals surface area contributed by atoms with Gasteiger partial charge in [0.25, 0.3) is 5.91 Å². The average Bonchev–Trinajstić information content (AvgIpc) is 3.05. The number of carbonyl (C=O) groups is 1. The Morgan fingerprint density at radius 2 is 1.88 bits per heavy atom. The Kier molecular flexibility index (Phi) is 4.46. The number of benzene rings is 3. The maximum absolute atomic E-state index is 12.5. The zero-order valence-electron chi connectivity index (χ0n) is 14.0. The molecule has 128 valence electrons. The Morgan fingerprint density at radius 3 is 2.69 bits per heavy atom. The molecule has 1 amide bonds. The van der Waals surface area contributed by atoms with Crippen molar-refractivity contribution >= 4 is 45.3 Å². The third kappa shape index (κ3) is 3.35. The van der Waals surface area contributed by atoms with Gasteiger partial charge in [0.15, 0.2) is 5.58 Å². The van der Waals surface area contributed by atoms with Crippen molar-refractivity contribution in [2.75, 3.05) is 5.32 Å². The van der Waals surface area contributed by atoms with Crippen LogP contribution in [-0.4, -0.2) is 10.9 Å². The van der Waals surface area contributed by atoms with Gasteiger partial charge in [0, 0.05) is 20.9 Å². The molecular weight excluding hydrogens is 439 g/mol. The first-order valence-electron chi connectivity index (χ1n) is 8.14. The molecule has 0 aliphatic heterocycles. The summed E-state index contributed by atoms with van der Waals surface area (Å²) in [6.07, 6.45) is 0. The van der Waals surface area contributed by atoms with E-state index in [1.165, 1.54) is 0 Å². The molecule has 0 aliphatic rings. The molecule has 0 bridgehead atoms. The predicted molar refractivity (Wildman–Crippen MR) is 111 cm³/mol. The second kappa shape index (κ2) is 6.92. The standard InChI is InChI=1S/C21H15IN2O2/c1-13-5-4-6-14(11-13)21-24-18-10-9-15(12-19(18)26-21)23-20(25)16-7-2-3-8-17(16)22/h2-12H,1H3,(H,23,25). The van der Waals surface area contributed by atoms with Gasteiger partial charge in [-0.1, -0.05) is 29.8 Å². The number of amides is 1. The van der Waals surface area contributed by atoms with Crippen LogP contribution >= 0.6 is 22.6 Å². The molecule has 4 nitrogen and oxygen atoms in total. The van der Waals surface area contributed by atoms with E-state index in [2.05, 4.69) is 32.9 Å². The van der Waals surface area contributed by atoms with Gasteiger partial charge in [0.2, 0.25) is 5.89 Å². The Hall–Kier alpha value is -2.67. The van der Waals surface area contributed by atoms with Gasteiger partial charge in [-0.3, -0.25) is 4.79 Å². The molecule has 26 heavy (non-hydrogen) atoms. The molecule has 0 saturated heterocycles. The Morgan fingerprint density at radius 1 is 1.04 bits per heavy atom. The van der Waals surface area contributed by atoms with Crippen LogP contribution in [0.4, 0.5) is 5.69 Å². The fraction of sp³-hybridized carbons (Fsp3) is 0.0476. The van der Waals surface area contributed by atoms with Crippen molar-refractivity contribution in [3.63, 3.8) is 0 Å². The van der Waals surface area contributed by atoms with Crippen molar-refractivity contribution in [3.05, 3.63) is 81.4 Å². The lowest BCUT2D eigenvalue weighted by molar-refractivity contribution is 0.102. The molecule has 4 rings (SSSR count). The second-order valence-corrected chi connectivity index (χ2v) is 7.17. The molecule has 0 radical (unpaired) electrons. The number of anilines is 1. The maximum Gasteiger partial charge on any atom is 0.256 e. The molecule has 4 aromatic rings. The van der Waals surface area contributed by atoms with E-state index in [1.807, 2.05) is 61.5 Å². The first-order chi connectivity index (χ1) is 12.6. The van der Waals surface area contributed by atoms with Crippen LogP contribution in [0.3, 0.4) is 0 Å². The topological polar surface area (TPSA) is 55.1 Å². The molecule has 0 saturated carbocycles. The lowest BCUT2D eigenvalue weighted by Crippen LogP contribution is -2.13. The zero-order chi connectivity index (χ0) is 18.1. The molecular formula is C21H15IN2O2. The van der Waals surface area contributed by atoms with Gasteiger partial charge >= 0.3 is 0 Å². The first kappa shape index (κ1) is 16.8. The van der Waals surface area contributed by atoms with Crippen LogP contribution < -0.4 is 5.32 Å². The van der Waals surface area contributed by atoms with Crippen molar-refractivity contribution in [1.29, 1.82) is 0 Å². The summed E-state index contributed by atoms with van der Waals surface area (Å²) in [5.74, 6) is 0.428. The predicted octanol–water partition coefficient (Wildman–Crippen LogP) is 5.66. The monoisotopic (exact) mass is 454 g/mol. The molecule has 1 heterocycles. The van der Waals surface area contributed by atoms with Crippen LogP contribution in [0.15, 0.2) is 71.1 Å².